The van der Waals surface area contributed by atoms with Gasteiger partial charge in [-0.05, 0) is 92.8 Å². The molecule has 2 saturated heterocycles. The van der Waals surface area contributed by atoms with Crippen molar-refractivity contribution in [1.82, 2.24) is 24.8 Å². The average Bonchev–Trinajstić information content (AvgIpc) is 3.68. The topological polar surface area (TPSA) is 145 Å². The number of hydrogen-bond acceptors (Lipinski definition) is 10. The van der Waals surface area contributed by atoms with E-state index in [1.54, 1.807) is 30.6 Å². The molecule has 8 rings (SSSR count). The van der Waals surface area contributed by atoms with E-state index in [0.717, 1.165) is 57.1 Å². The van der Waals surface area contributed by atoms with Gasteiger partial charge in [0, 0.05) is 85.4 Å². The van der Waals surface area contributed by atoms with Crippen molar-refractivity contribution >= 4 is 51.1 Å². The van der Waals surface area contributed by atoms with Crippen molar-refractivity contribution in [2.75, 3.05) is 44.4 Å². The summed E-state index contributed by atoms with van der Waals surface area (Å²) in [4.78, 5) is 61.9. The quantitative estimate of drug-likeness (QED) is 0.0814. The van der Waals surface area contributed by atoms with Crippen LogP contribution in [-0.4, -0.2) is 101 Å². The summed E-state index contributed by atoms with van der Waals surface area (Å²) in [5.41, 5.74) is 5.30. The first kappa shape index (κ1) is 41.8. The first-order chi connectivity index (χ1) is 29.5. The number of nitrogens with one attached hydrogen (secondary N) is 1. The Hall–Kier alpha value is -5.87. The van der Waals surface area contributed by atoms with Gasteiger partial charge in [0.1, 0.15) is 6.04 Å². The number of alkyl halides is 3. The van der Waals surface area contributed by atoms with Crippen molar-refractivity contribution < 1.29 is 46.6 Å². The molecule has 4 amide bonds. The highest BCUT2D eigenvalue weighted by molar-refractivity contribution is 6.23. The zero-order valence-electron chi connectivity index (χ0n) is 33.8. The fourth-order valence-corrected chi connectivity index (χ4v) is 8.56. The fourth-order valence-electron chi connectivity index (χ4n) is 8.56. The first-order valence-corrected chi connectivity index (χ1v) is 20.7. The molecule has 16 heteroatoms. The Balaban J connectivity index is 0.712. The van der Waals surface area contributed by atoms with Gasteiger partial charge in [0.2, 0.25) is 17.7 Å². The highest BCUT2D eigenvalue weighted by Gasteiger charge is 2.45. The Labute approximate surface area is 350 Å². The summed E-state index contributed by atoms with van der Waals surface area (Å²) in [6.07, 6.45) is 2.31. The molecule has 3 aromatic heterocycles. The first-order valence-electron chi connectivity index (χ1n) is 20.7. The number of piperidine rings is 2. The van der Waals surface area contributed by atoms with Crippen molar-refractivity contribution in [3.63, 3.8) is 0 Å². The lowest BCUT2D eigenvalue weighted by atomic mass is 9.90. The Morgan fingerprint density at radius 3 is 2.36 bits per heavy atom. The molecule has 2 atom stereocenters. The molecule has 6 heterocycles. The smallest absolute Gasteiger partial charge is 0.414 e. The lowest BCUT2D eigenvalue weighted by Crippen LogP contribution is -2.54. The Bertz CT molecular complexity index is 2430. The number of rotatable bonds is 16. The van der Waals surface area contributed by atoms with Crippen LogP contribution in [0.3, 0.4) is 0 Å². The molecule has 1 N–H and O–H groups in total. The number of unbranched alkanes of at least 4 members (excludes halogenated alkanes) is 2. The maximum atomic E-state index is 14.0. The second-order valence-corrected chi connectivity index (χ2v) is 15.8. The predicted molar refractivity (Wildman–Crippen MR) is 220 cm³/mol. The summed E-state index contributed by atoms with van der Waals surface area (Å²) in [5.74, 6) is -2.01. The molecule has 61 heavy (non-hydrogen) atoms. The normalized spacial score (nSPS) is 18.0. The molecule has 3 aliphatic heterocycles. The summed E-state index contributed by atoms with van der Waals surface area (Å²) < 4.78 is 60.9. The van der Waals surface area contributed by atoms with E-state index < -0.39 is 42.0 Å². The second-order valence-electron chi connectivity index (χ2n) is 15.8. The van der Waals surface area contributed by atoms with Gasteiger partial charge in [-0.25, -0.2) is 4.98 Å². The minimum absolute atomic E-state index is 0.0255. The predicted octanol–water partition coefficient (Wildman–Crippen LogP) is 7.01. The molecule has 2 aromatic carbocycles. The van der Waals surface area contributed by atoms with E-state index >= 15 is 0 Å². The molecule has 320 valence electrons. The van der Waals surface area contributed by atoms with Crippen LogP contribution < -0.4 is 15.0 Å². The van der Waals surface area contributed by atoms with Crippen LogP contribution in [-0.2, 0) is 26.1 Å². The van der Waals surface area contributed by atoms with E-state index in [2.05, 4.69) is 38.1 Å². The van der Waals surface area contributed by atoms with Gasteiger partial charge in [0.25, 0.3) is 11.8 Å². The van der Waals surface area contributed by atoms with Gasteiger partial charge in [-0.15, -0.1) is 0 Å². The Morgan fingerprint density at radius 2 is 1.59 bits per heavy atom. The maximum Gasteiger partial charge on any atom is 0.414 e. The third-order valence-corrected chi connectivity index (χ3v) is 11.9. The SMILES string of the molecule is Cn1c2ccncc2c2ccc(-c3ccc(OCCCCCOCCOC(CC4CCN(c5ccc6c(c5)C(=O)N(C5CCC(=O)NC5=O)C6=O)CC4)C(F)(F)F)nc3)cc21. The van der Waals surface area contributed by atoms with Crippen LogP contribution in [0.15, 0.2) is 73.2 Å². The van der Waals surface area contributed by atoms with Crippen LogP contribution in [0.4, 0.5) is 18.9 Å². The minimum atomic E-state index is -4.52. The molecule has 0 bridgehead atoms. The van der Waals surface area contributed by atoms with Crippen molar-refractivity contribution in [2.45, 2.75) is 69.7 Å². The monoisotopic (exact) mass is 840 g/mol. The Kier molecular flexibility index (Phi) is 12.3. The molecule has 0 saturated carbocycles. The van der Waals surface area contributed by atoms with Gasteiger partial charge < -0.3 is 23.7 Å². The van der Waals surface area contributed by atoms with Crippen LogP contribution in [0, 0.1) is 5.92 Å². The number of pyridine rings is 2. The van der Waals surface area contributed by atoms with Crippen LogP contribution in [0.1, 0.15) is 72.1 Å². The number of anilines is 1. The van der Waals surface area contributed by atoms with Crippen LogP contribution in [0.5, 0.6) is 5.88 Å². The highest BCUT2D eigenvalue weighted by Crippen LogP contribution is 2.36. The van der Waals surface area contributed by atoms with Gasteiger partial charge >= 0.3 is 6.18 Å². The number of carbonyl (C=O) groups excluding carboxylic acids is 4. The number of halogens is 3. The number of amides is 4. The molecule has 2 unspecified atom stereocenters. The third kappa shape index (κ3) is 9.10. The molecular formula is C45H47F3N6O7. The third-order valence-electron chi connectivity index (χ3n) is 11.9. The number of aromatic nitrogens is 3. The van der Waals surface area contributed by atoms with E-state index in [1.807, 2.05) is 36.3 Å². The van der Waals surface area contributed by atoms with E-state index in [9.17, 15) is 32.3 Å². The molecular weight excluding hydrogens is 794 g/mol. The number of imide groups is 2. The summed E-state index contributed by atoms with van der Waals surface area (Å²) in [5, 5.41) is 4.45. The average molecular weight is 841 g/mol. The van der Waals surface area contributed by atoms with Crippen LogP contribution in [0.25, 0.3) is 32.9 Å². The maximum absolute atomic E-state index is 14.0. The lowest BCUT2D eigenvalue weighted by Gasteiger charge is -2.35. The van der Waals surface area contributed by atoms with Crippen molar-refractivity contribution in [3.05, 3.63) is 84.3 Å². The number of carbonyl (C=O) groups is 4. The lowest BCUT2D eigenvalue weighted by molar-refractivity contribution is -0.228. The number of ether oxygens (including phenoxy) is 3. The highest BCUT2D eigenvalue weighted by atomic mass is 19.4. The number of nitrogens with zero attached hydrogens (tertiary/aromatic N) is 5. The standard InChI is InChI=1S/C45H47F3N6O7/c1-52-36-13-16-49-27-35(36)32-8-5-29(24-38(32)52)30-6-12-41(50-26-30)61-20-4-2-3-19-59-21-22-60-39(45(46,47)48)23-28-14-17-53(18-15-28)31-7-9-33-34(25-31)44(58)54(43(33)57)37-10-11-40(55)51-42(37)56/h5-9,12-13,16,24-28,37,39H,2-4,10-11,14-15,17-23H2,1H3,(H,51,55,56). The summed E-state index contributed by atoms with van der Waals surface area (Å²) in [6.45, 7) is 1.71. The van der Waals surface area contributed by atoms with Gasteiger partial charge in [-0.1, -0.05) is 12.1 Å². The molecule has 3 aliphatic rings. The van der Waals surface area contributed by atoms with E-state index in [4.69, 9.17) is 14.2 Å². The van der Waals surface area contributed by atoms with E-state index in [0.29, 0.717) is 50.7 Å². The van der Waals surface area contributed by atoms with Gasteiger partial charge in [-0.2, -0.15) is 13.2 Å². The molecule has 2 fully saturated rings. The molecule has 0 radical (unpaired) electrons. The van der Waals surface area contributed by atoms with Crippen molar-refractivity contribution in [2.24, 2.45) is 13.0 Å². The molecule has 0 aliphatic carbocycles. The summed E-state index contributed by atoms with van der Waals surface area (Å²) >= 11 is 0. The molecule has 13 nitrogen and oxygen atoms in total. The van der Waals surface area contributed by atoms with Gasteiger partial charge in [0.05, 0.1) is 36.5 Å². The zero-order chi connectivity index (χ0) is 42.7. The zero-order valence-corrected chi connectivity index (χ0v) is 33.8. The number of benzene rings is 2. The second kappa shape index (κ2) is 18.0. The summed E-state index contributed by atoms with van der Waals surface area (Å²) in [7, 11) is 2.05. The van der Waals surface area contributed by atoms with Crippen molar-refractivity contribution in [1.29, 1.82) is 0 Å². The van der Waals surface area contributed by atoms with Crippen molar-refractivity contribution in [3.8, 4) is 17.0 Å². The molecule has 5 aromatic rings. The largest absolute Gasteiger partial charge is 0.478 e. The van der Waals surface area contributed by atoms with E-state index in [-0.39, 0.29) is 49.5 Å². The summed E-state index contributed by atoms with van der Waals surface area (Å²) in [6, 6.07) is 16.0. The number of fused-ring (bicyclic) bond motifs is 4. The number of aryl methyl sites for hydroxylation is 1. The fraction of sp³-hybridized carbons (Fsp3) is 0.422. The van der Waals surface area contributed by atoms with Gasteiger partial charge in [-0.3, -0.25) is 34.4 Å². The van der Waals surface area contributed by atoms with Gasteiger partial charge in [0.15, 0.2) is 6.10 Å². The van der Waals surface area contributed by atoms with Crippen LogP contribution >= 0.6 is 0 Å². The van der Waals surface area contributed by atoms with Crippen LogP contribution in [0.2, 0.25) is 0 Å². The van der Waals surface area contributed by atoms with E-state index in [1.165, 1.54) is 0 Å². The number of hydrogen-bond donors (Lipinski definition) is 1. The minimum Gasteiger partial charge on any atom is -0.478 e. The Morgan fingerprint density at radius 1 is 0.803 bits per heavy atom. The molecule has 0 spiro atoms.